The maximum atomic E-state index is 8.78. The largest absolute Gasteiger partial charge is 0.395 e. The van der Waals surface area contributed by atoms with Gasteiger partial charge < -0.3 is 10.2 Å². The first-order valence-corrected chi connectivity index (χ1v) is 4.66. The first-order valence-electron chi connectivity index (χ1n) is 4.66. The molecule has 3 nitrogen and oxygen atoms in total. The summed E-state index contributed by atoms with van der Waals surface area (Å²) < 4.78 is 0. The molecule has 1 rings (SSSR count). The van der Waals surface area contributed by atoms with Crippen LogP contribution in [0.4, 0.5) is 0 Å². The molecule has 0 aliphatic heterocycles. The van der Waals surface area contributed by atoms with Crippen LogP contribution >= 0.6 is 0 Å². The van der Waals surface area contributed by atoms with Crippen molar-refractivity contribution in [3.8, 4) is 0 Å². The van der Waals surface area contributed by atoms with Crippen LogP contribution in [0.2, 0.25) is 0 Å². The fraction of sp³-hybridized carbons (Fsp3) is 0.600. The molecule has 0 amide bonds. The van der Waals surface area contributed by atoms with E-state index in [1.54, 1.807) is 0 Å². The first-order chi connectivity index (χ1) is 6.36. The van der Waals surface area contributed by atoms with Gasteiger partial charge in [-0.1, -0.05) is 24.3 Å². The molecule has 2 N–H and O–H groups in total. The van der Waals surface area contributed by atoms with Gasteiger partial charge in [-0.3, -0.25) is 4.90 Å². The van der Waals surface area contributed by atoms with Crippen molar-refractivity contribution in [1.29, 1.82) is 0 Å². The van der Waals surface area contributed by atoms with E-state index >= 15 is 0 Å². The molecule has 0 spiro atoms. The molecule has 1 aliphatic carbocycles. The molecule has 0 saturated heterocycles. The van der Waals surface area contributed by atoms with E-state index in [9.17, 15) is 0 Å². The van der Waals surface area contributed by atoms with Crippen LogP contribution in [0.1, 0.15) is 0 Å². The second-order valence-electron chi connectivity index (χ2n) is 3.18. The lowest BCUT2D eigenvalue weighted by atomic mass is 10.1. The Balaban J connectivity index is 2.28. The summed E-state index contributed by atoms with van der Waals surface area (Å²) in [5.41, 5.74) is 0. The predicted octanol–water partition coefficient (Wildman–Crippen LogP) is 0.0152. The first kappa shape index (κ1) is 10.4. The molecule has 0 unspecified atom stereocenters. The summed E-state index contributed by atoms with van der Waals surface area (Å²) in [5, 5.41) is 17.6. The summed E-state index contributed by atoms with van der Waals surface area (Å²) in [6.07, 6.45) is 8.31. The van der Waals surface area contributed by atoms with E-state index in [1.165, 1.54) is 0 Å². The molecule has 74 valence electrons. The molecule has 1 aliphatic rings. The normalized spacial score (nSPS) is 16.2. The van der Waals surface area contributed by atoms with Gasteiger partial charge in [0, 0.05) is 25.6 Å². The van der Waals surface area contributed by atoms with Crippen LogP contribution in [0, 0.1) is 5.92 Å². The number of hydrogen-bond acceptors (Lipinski definition) is 3. The molecule has 0 heterocycles. The quantitative estimate of drug-likeness (QED) is 0.610. The van der Waals surface area contributed by atoms with Crippen molar-refractivity contribution < 1.29 is 10.2 Å². The summed E-state index contributed by atoms with van der Waals surface area (Å²) in [7, 11) is 0. The highest BCUT2D eigenvalue weighted by Crippen LogP contribution is 2.10. The SMILES string of the molecule is OCCN(CCO)CC1C=CC=C1. The summed E-state index contributed by atoms with van der Waals surface area (Å²) in [4.78, 5) is 2.06. The Hall–Kier alpha value is -0.640. The van der Waals surface area contributed by atoms with E-state index in [-0.39, 0.29) is 13.2 Å². The van der Waals surface area contributed by atoms with Gasteiger partial charge in [-0.05, 0) is 0 Å². The Bertz CT molecular complexity index is 171. The van der Waals surface area contributed by atoms with Gasteiger partial charge in [0.2, 0.25) is 0 Å². The van der Waals surface area contributed by atoms with Gasteiger partial charge in [-0.15, -0.1) is 0 Å². The van der Waals surface area contributed by atoms with E-state index in [4.69, 9.17) is 10.2 Å². The molecule has 0 fully saturated rings. The van der Waals surface area contributed by atoms with E-state index in [0.717, 1.165) is 6.54 Å². The van der Waals surface area contributed by atoms with Crippen molar-refractivity contribution >= 4 is 0 Å². The minimum absolute atomic E-state index is 0.153. The van der Waals surface area contributed by atoms with Crippen molar-refractivity contribution in [1.82, 2.24) is 4.90 Å². The Morgan fingerprint density at radius 3 is 2.00 bits per heavy atom. The third-order valence-electron chi connectivity index (χ3n) is 2.13. The third kappa shape index (κ3) is 3.72. The van der Waals surface area contributed by atoms with Gasteiger partial charge in [0.15, 0.2) is 0 Å². The highest BCUT2D eigenvalue weighted by atomic mass is 16.3. The number of aliphatic hydroxyl groups is 2. The standard InChI is InChI=1S/C10H17NO2/c12-7-5-11(6-8-13)9-10-3-1-2-4-10/h1-4,10,12-13H,5-9H2. The summed E-state index contributed by atoms with van der Waals surface area (Å²) in [5.74, 6) is 0.443. The van der Waals surface area contributed by atoms with E-state index in [1.807, 2.05) is 12.2 Å². The fourth-order valence-corrected chi connectivity index (χ4v) is 1.47. The molecule has 0 aromatic rings. The minimum atomic E-state index is 0.153. The minimum Gasteiger partial charge on any atom is -0.395 e. The van der Waals surface area contributed by atoms with E-state index in [2.05, 4.69) is 17.1 Å². The maximum absolute atomic E-state index is 8.78. The average molecular weight is 183 g/mol. The van der Waals surface area contributed by atoms with Crippen LogP contribution in [0.5, 0.6) is 0 Å². The molecule has 0 bridgehead atoms. The second-order valence-corrected chi connectivity index (χ2v) is 3.18. The Morgan fingerprint density at radius 1 is 1.00 bits per heavy atom. The monoisotopic (exact) mass is 183 g/mol. The summed E-state index contributed by atoms with van der Waals surface area (Å²) in [6, 6.07) is 0. The number of rotatable bonds is 6. The van der Waals surface area contributed by atoms with Crippen LogP contribution in [-0.4, -0.2) is 48.0 Å². The molecular formula is C10H17NO2. The van der Waals surface area contributed by atoms with Crippen LogP contribution in [-0.2, 0) is 0 Å². The number of nitrogens with zero attached hydrogens (tertiary/aromatic N) is 1. The van der Waals surface area contributed by atoms with E-state index in [0.29, 0.717) is 19.0 Å². The van der Waals surface area contributed by atoms with Crippen LogP contribution < -0.4 is 0 Å². The van der Waals surface area contributed by atoms with Gasteiger partial charge in [-0.2, -0.15) is 0 Å². The average Bonchev–Trinajstić information content (AvgIpc) is 2.58. The lowest BCUT2D eigenvalue weighted by Gasteiger charge is -2.22. The molecule has 0 atom stereocenters. The zero-order valence-corrected chi connectivity index (χ0v) is 7.76. The van der Waals surface area contributed by atoms with Crippen LogP contribution in [0.3, 0.4) is 0 Å². The van der Waals surface area contributed by atoms with Crippen molar-refractivity contribution in [2.75, 3.05) is 32.8 Å². The topological polar surface area (TPSA) is 43.7 Å². The number of allylic oxidation sites excluding steroid dienone is 2. The molecule has 13 heavy (non-hydrogen) atoms. The van der Waals surface area contributed by atoms with Gasteiger partial charge in [-0.25, -0.2) is 0 Å². The molecule has 0 radical (unpaired) electrons. The zero-order valence-electron chi connectivity index (χ0n) is 7.76. The second kappa shape index (κ2) is 5.91. The smallest absolute Gasteiger partial charge is 0.0558 e. The molecule has 0 aromatic heterocycles. The summed E-state index contributed by atoms with van der Waals surface area (Å²) >= 11 is 0. The Labute approximate surface area is 79.0 Å². The Morgan fingerprint density at radius 2 is 1.54 bits per heavy atom. The lowest BCUT2D eigenvalue weighted by Crippen LogP contribution is -2.33. The Kier molecular flexibility index (Phi) is 4.75. The van der Waals surface area contributed by atoms with Crippen LogP contribution in [0.15, 0.2) is 24.3 Å². The molecule has 3 heteroatoms. The predicted molar refractivity (Wildman–Crippen MR) is 52.4 cm³/mol. The summed E-state index contributed by atoms with van der Waals surface area (Å²) in [6.45, 7) is 2.46. The van der Waals surface area contributed by atoms with Crippen molar-refractivity contribution in [3.63, 3.8) is 0 Å². The highest BCUT2D eigenvalue weighted by molar-refractivity contribution is 5.17. The maximum Gasteiger partial charge on any atom is 0.0558 e. The molecule has 0 saturated carbocycles. The van der Waals surface area contributed by atoms with Crippen molar-refractivity contribution in [3.05, 3.63) is 24.3 Å². The number of hydrogen-bond donors (Lipinski definition) is 2. The third-order valence-corrected chi connectivity index (χ3v) is 2.13. The van der Waals surface area contributed by atoms with Crippen molar-refractivity contribution in [2.24, 2.45) is 5.92 Å². The number of aliphatic hydroxyl groups excluding tert-OH is 2. The zero-order chi connectivity index (χ0) is 9.52. The van der Waals surface area contributed by atoms with Gasteiger partial charge in [0.05, 0.1) is 13.2 Å². The fourth-order valence-electron chi connectivity index (χ4n) is 1.47. The van der Waals surface area contributed by atoms with Gasteiger partial charge in [0.1, 0.15) is 0 Å². The molecule has 0 aromatic carbocycles. The molecular weight excluding hydrogens is 166 g/mol. The van der Waals surface area contributed by atoms with Crippen LogP contribution in [0.25, 0.3) is 0 Å². The van der Waals surface area contributed by atoms with Gasteiger partial charge in [0.25, 0.3) is 0 Å². The highest BCUT2D eigenvalue weighted by Gasteiger charge is 2.09. The van der Waals surface area contributed by atoms with Crippen molar-refractivity contribution in [2.45, 2.75) is 0 Å². The lowest BCUT2D eigenvalue weighted by molar-refractivity contribution is 0.156. The van der Waals surface area contributed by atoms with Gasteiger partial charge >= 0.3 is 0 Å². The van der Waals surface area contributed by atoms with E-state index < -0.39 is 0 Å².